The van der Waals surface area contributed by atoms with Crippen molar-refractivity contribution in [2.75, 3.05) is 20.3 Å². The van der Waals surface area contributed by atoms with Crippen LogP contribution >= 0.6 is 0 Å². The summed E-state index contributed by atoms with van der Waals surface area (Å²) in [4.78, 5) is 10.0. The third-order valence-electron chi connectivity index (χ3n) is 2.99. The molecule has 8 heteroatoms. The summed E-state index contributed by atoms with van der Waals surface area (Å²) < 4.78 is 6.48. The molecule has 1 heterocycles. The lowest BCUT2D eigenvalue weighted by atomic mass is 10.1. The lowest BCUT2D eigenvalue weighted by molar-refractivity contribution is -0.385. The van der Waals surface area contributed by atoms with Crippen molar-refractivity contribution in [3.05, 3.63) is 22.5 Å². The lowest BCUT2D eigenvalue weighted by Crippen LogP contribution is -2.42. The molecule has 0 aromatic carbocycles. The Morgan fingerprint density at radius 3 is 2.80 bits per heavy atom. The van der Waals surface area contributed by atoms with Gasteiger partial charge in [0.15, 0.2) is 0 Å². The number of rotatable bonds is 9. The summed E-state index contributed by atoms with van der Waals surface area (Å²) in [6.07, 6.45) is 1.80. The maximum atomic E-state index is 10.5. The highest BCUT2D eigenvalue weighted by atomic mass is 16.6. The minimum absolute atomic E-state index is 0.0791. The van der Waals surface area contributed by atoms with E-state index in [2.05, 4.69) is 24.3 Å². The van der Waals surface area contributed by atoms with E-state index in [-0.39, 0.29) is 18.3 Å². The van der Waals surface area contributed by atoms with Gasteiger partial charge in [0, 0.05) is 19.7 Å². The number of aliphatic hydroxyl groups excluding tert-OH is 1. The molecule has 0 spiro atoms. The van der Waals surface area contributed by atoms with E-state index in [1.54, 1.807) is 7.11 Å². The van der Waals surface area contributed by atoms with Crippen LogP contribution in [-0.4, -0.2) is 52.2 Å². The number of nitrogens with one attached hydrogen (secondary N) is 1. The van der Waals surface area contributed by atoms with Gasteiger partial charge in [-0.25, -0.2) is 0 Å². The van der Waals surface area contributed by atoms with E-state index >= 15 is 0 Å². The van der Waals surface area contributed by atoms with Gasteiger partial charge in [0.2, 0.25) is 0 Å². The molecule has 20 heavy (non-hydrogen) atoms. The number of ether oxygens (including phenoxy) is 1. The molecule has 0 fully saturated rings. The van der Waals surface area contributed by atoms with Gasteiger partial charge in [-0.1, -0.05) is 13.8 Å². The zero-order valence-electron chi connectivity index (χ0n) is 12.0. The predicted octanol–water partition coefficient (Wildman–Crippen LogP) is 0.413. The molecule has 1 aromatic rings. The Bertz CT molecular complexity index is 421. The van der Waals surface area contributed by atoms with Gasteiger partial charge in [-0.05, 0) is 5.92 Å². The number of aromatic nitrogens is 2. The van der Waals surface area contributed by atoms with E-state index in [0.717, 1.165) is 0 Å². The van der Waals surface area contributed by atoms with Crippen LogP contribution in [0.4, 0.5) is 5.69 Å². The first-order valence-corrected chi connectivity index (χ1v) is 6.51. The van der Waals surface area contributed by atoms with Crippen LogP contribution in [0.2, 0.25) is 0 Å². The number of nitrogens with zero attached hydrogens (tertiary/aromatic N) is 3. The average molecular weight is 286 g/mol. The first-order chi connectivity index (χ1) is 9.43. The molecule has 2 atom stereocenters. The highest BCUT2D eigenvalue weighted by Gasteiger charge is 2.16. The molecule has 0 saturated heterocycles. The van der Waals surface area contributed by atoms with Crippen molar-refractivity contribution >= 4 is 5.69 Å². The molecule has 2 N–H and O–H groups in total. The minimum Gasteiger partial charge on any atom is -0.390 e. The fraction of sp³-hybridized carbons (Fsp3) is 0.750. The van der Waals surface area contributed by atoms with E-state index in [1.165, 1.54) is 17.1 Å². The van der Waals surface area contributed by atoms with Crippen molar-refractivity contribution in [3.63, 3.8) is 0 Å². The van der Waals surface area contributed by atoms with Crippen LogP contribution in [0.25, 0.3) is 0 Å². The van der Waals surface area contributed by atoms with Crippen LogP contribution in [0.1, 0.15) is 13.8 Å². The summed E-state index contributed by atoms with van der Waals surface area (Å²) in [6.45, 7) is 5.29. The second-order valence-corrected chi connectivity index (χ2v) is 5.05. The molecule has 2 unspecified atom stereocenters. The topological polar surface area (TPSA) is 102 Å². The zero-order valence-corrected chi connectivity index (χ0v) is 12.0. The molecule has 0 aliphatic rings. The Hall–Kier alpha value is -1.51. The number of nitro groups is 1. The first-order valence-electron chi connectivity index (χ1n) is 6.51. The summed E-state index contributed by atoms with van der Waals surface area (Å²) in [5, 5.41) is 27.5. The Morgan fingerprint density at radius 1 is 1.60 bits per heavy atom. The molecular formula is C12H22N4O4. The van der Waals surface area contributed by atoms with Gasteiger partial charge in [0.05, 0.1) is 24.2 Å². The van der Waals surface area contributed by atoms with Crippen LogP contribution in [0.5, 0.6) is 0 Å². The van der Waals surface area contributed by atoms with E-state index in [4.69, 9.17) is 4.74 Å². The lowest BCUT2D eigenvalue weighted by Gasteiger charge is -2.23. The van der Waals surface area contributed by atoms with Crippen LogP contribution in [0.15, 0.2) is 12.4 Å². The normalized spacial score (nSPS) is 14.4. The van der Waals surface area contributed by atoms with E-state index in [0.29, 0.717) is 19.1 Å². The highest BCUT2D eigenvalue weighted by Crippen LogP contribution is 2.08. The van der Waals surface area contributed by atoms with Gasteiger partial charge in [-0.15, -0.1) is 0 Å². The molecule has 8 nitrogen and oxygen atoms in total. The van der Waals surface area contributed by atoms with Gasteiger partial charge < -0.3 is 15.2 Å². The van der Waals surface area contributed by atoms with Crippen molar-refractivity contribution in [1.82, 2.24) is 15.1 Å². The summed E-state index contributed by atoms with van der Waals surface area (Å²) >= 11 is 0. The largest absolute Gasteiger partial charge is 0.390 e. The SMILES string of the molecule is COCC(NCC(O)Cn1cc([N+](=O)[O-])cn1)C(C)C. The fourth-order valence-electron chi connectivity index (χ4n) is 1.78. The second kappa shape index (κ2) is 7.93. The van der Waals surface area contributed by atoms with Gasteiger partial charge in [-0.2, -0.15) is 5.10 Å². The Labute approximate surface area is 117 Å². The van der Waals surface area contributed by atoms with E-state index in [1.807, 2.05) is 0 Å². The highest BCUT2D eigenvalue weighted by molar-refractivity contribution is 5.20. The number of methoxy groups -OCH3 is 1. The summed E-state index contributed by atoms with van der Waals surface area (Å²) in [5.41, 5.74) is -0.0791. The molecular weight excluding hydrogens is 264 g/mol. The van der Waals surface area contributed by atoms with E-state index in [9.17, 15) is 15.2 Å². The zero-order chi connectivity index (χ0) is 15.1. The monoisotopic (exact) mass is 286 g/mol. The van der Waals surface area contributed by atoms with Crippen LogP contribution < -0.4 is 5.32 Å². The number of aliphatic hydroxyl groups is 1. The number of hydrogen-bond acceptors (Lipinski definition) is 6. The molecule has 1 aromatic heterocycles. The minimum atomic E-state index is -0.674. The predicted molar refractivity (Wildman–Crippen MR) is 73.4 cm³/mol. The molecule has 1 rings (SSSR count). The van der Waals surface area contributed by atoms with Crippen LogP contribution in [0.3, 0.4) is 0 Å². The van der Waals surface area contributed by atoms with Crippen LogP contribution in [-0.2, 0) is 11.3 Å². The summed E-state index contributed by atoms with van der Waals surface area (Å²) in [5.74, 6) is 0.382. The molecule has 0 aliphatic carbocycles. The van der Waals surface area contributed by atoms with Crippen molar-refractivity contribution < 1.29 is 14.8 Å². The van der Waals surface area contributed by atoms with Crippen molar-refractivity contribution in [2.45, 2.75) is 32.5 Å². The molecule has 0 radical (unpaired) electrons. The average Bonchev–Trinajstić information content (AvgIpc) is 2.82. The van der Waals surface area contributed by atoms with Gasteiger partial charge in [-0.3, -0.25) is 14.8 Å². The summed E-state index contributed by atoms with van der Waals surface area (Å²) in [7, 11) is 1.64. The second-order valence-electron chi connectivity index (χ2n) is 5.05. The van der Waals surface area contributed by atoms with Crippen molar-refractivity contribution in [3.8, 4) is 0 Å². The van der Waals surface area contributed by atoms with Gasteiger partial charge in [0.25, 0.3) is 0 Å². The third-order valence-corrected chi connectivity index (χ3v) is 2.99. The Kier molecular flexibility index (Phi) is 6.56. The maximum absolute atomic E-state index is 10.5. The van der Waals surface area contributed by atoms with Crippen molar-refractivity contribution in [1.29, 1.82) is 0 Å². The summed E-state index contributed by atoms with van der Waals surface area (Å²) in [6, 6.07) is 0.154. The first kappa shape index (κ1) is 16.5. The quantitative estimate of drug-likeness (QED) is 0.503. The molecule has 0 saturated carbocycles. The fourth-order valence-corrected chi connectivity index (χ4v) is 1.78. The Morgan fingerprint density at radius 2 is 2.30 bits per heavy atom. The third kappa shape index (κ3) is 5.24. The standard InChI is InChI=1S/C12H22N4O4/c1-9(2)12(8-20-3)13-5-11(17)7-15-6-10(4-14-15)16(18)19/h4,6,9,11-13,17H,5,7-8H2,1-3H3. The van der Waals surface area contributed by atoms with E-state index < -0.39 is 11.0 Å². The van der Waals surface area contributed by atoms with Gasteiger partial charge >= 0.3 is 5.69 Å². The molecule has 114 valence electrons. The smallest absolute Gasteiger partial charge is 0.306 e. The maximum Gasteiger partial charge on any atom is 0.306 e. The van der Waals surface area contributed by atoms with Gasteiger partial charge in [0.1, 0.15) is 12.4 Å². The van der Waals surface area contributed by atoms with Crippen molar-refractivity contribution in [2.24, 2.45) is 5.92 Å². The molecule has 0 amide bonds. The number of hydrogen-bond donors (Lipinski definition) is 2. The van der Waals surface area contributed by atoms with Crippen LogP contribution in [0, 0.1) is 16.0 Å². The Balaban J connectivity index is 2.42. The molecule has 0 bridgehead atoms. The molecule has 0 aliphatic heterocycles.